The van der Waals surface area contributed by atoms with Gasteiger partial charge in [0, 0.05) is 31.7 Å². The van der Waals surface area contributed by atoms with E-state index in [2.05, 4.69) is 10.2 Å². The van der Waals surface area contributed by atoms with E-state index >= 15 is 0 Å². The van der Waals surface area contributed by atoms with Crippen molar-refractivity contribution >= 4 is 52.6 Å². The van der Waals surface area contributed by atoms with Crippen LogP contribution in [0.3, 0.4) is 0 Å². The number of carbonyl (C=O) groups is 5. The maximum absolute atomic E-state index is 13.3. The largest absolute Gasteiger partial charge is 0.342 e. The van der Waals surface area contributed by atoms with Crippen molar-refractivity contribution in [2.45, 2.75) is 75.0 Å². The minimum atomic E-state index is -0.794. The summed E-state index contributed by atoms with van der Waals surface area (Å²) in [6.45, 7) is 4.18. The van der Waals surface area contributed by atoms with Gasteiger partial charge in [-0.25, -0.2) is 0 Å². The first-order chi connectivity index (χ1) is 17.7. The monoisotopic (exact) mass is 546 g/mol. The summed E-state index contributed by atoms with van der Waals surface area (Å²) >= 11 is 3.88. The fourth-order valence-electron chi connectivity index (χ4n) is 5.12. The third kappa shape index (κ3) is 8.01. The average molecular weight is 547 g/mol. The number of rotatable bonds is 13. The van der Waals surface area contributed by atoms with Gasteiger partial charge in [-0.15, -0.1) is 23.5 Å². The summed E-state index contributed by atoms with van der Waals surface area (Å²) in [4.78, 5) is 65.7. The number of thioether (sulfide) groups is 2. The standard InChI is InChI=1S/C28H38N2O5S2/c1-4-9-21(16-24(33)22-17-28(18-30(22)3)36-14-8-15-37-28)27(35)23(32)12-13-25(34)29-26(19(2)31)20-10-6-5-7-11-20/h5-7,10-11,21-22,26H,4,8-9,12-18H2,1-3H3,(H,29,34)/t21?,22-,26+/m0/s1. The molecule has 3 rings (SSSR count). The lowest BCUT2D eigenvalue weighted by atomic mass is 9.87. The van der Waals surface area contributed by atoms with Gasteiger partial charge in [-0.05, 0) is 50.3 Å². The molecule has 2 saturated heterocycles. The summed E-state index contributed by atoms with van der Waals surface area (Å²) in [5, 5.41) is 2.67. The quantitative estimate of drug-likeness (QED) is 0.371. The molecule has 0 saturated carbocycles. The molecule has 2 aliphatic heterocycles. The minimum absolute atomic E-state index is 0.0238. The normalized spacial score (nSPS) is 20.8. The summed E-state index contributed by atoms with van der Waals surface area (Å²) in [5.74, 6) is -0.282. The maximum atomic E-state index is 13.3. The predicted molar refractivity (Wildman–Crippen MR) is 149 cm³/mol. The van der Waals surface area contributed by atoms with Gasteiger partial charge in [-0.3, -0.25) is 28.9 Å². The van der Waals surface area contributed by atoms with Gasteiger partial charge in [0.15, 0.2) is 17.3 Å². The highest BCUT2D eigenvalue weighted by Crippen LogP contribution is 2.50. The topological polar surface area (TPSA) is 101 Å². The fraction of sp³-hybridized carbons (Fsp3) is 0.607. The van der Waals surface area contributed by atoms with E-state index in [1.165, 1.54) is 13.3 Å². The van der Waals surface area contributed by atoms with Crippen LogP contribution in [0.2, 0.25) is 0 Å². The number of likely N-dealkylation sites (N-methyl/N-ethyl adjacent to an activating group) is 1. The van der Waals surface area contributed by atoms with Gasteiger partial charge in [0.1, 0.15) is 6.04 Å². The lowest BCUT2D eigenvalue weighted by molar-refractivity contribution is -0.141. The summed E-state index contributed by atoms with van der Waals surface area (Å²) < 4.78 is 0.0538. The van der Waals surface area contributed by atoms with Crippen molar-refractivity contribution in [3.63, 3.8) is 0 Å². The smallest absolute Gasteiger partial charge is 0.221 e. The highest BCUT2D eigenvalue weighted by molar-refractivity contribution is 8.18. The van der Waals surface area contributed by atoms with Crippen LogP contribution < -0.4 is 5.32 Å². The van der Waals surface area contributed by atoms with Gasteiger partial charge in [0.05, 0.1) is 10.1 Å². The van der Waals surface area contributed by atoms with Crippen molar-refractivity contribution in [2.75, 3.05) is 25.1 Å². The molecule has 2 fully saturated rings. The molecule has 1 spiro atoms. The van der Waals surface area contributed by atoms with Crippen LogP contribution in [0, 0.1) is 5.92 Å². The number of Topliss-reactive ketones (excluding diaryl/α,β-unsaturated/α-hetero) is 4. The number of ketones is 4. The second-order valence-corrected chi connectivity index (χ2v) is 13.3. The van der Waals surface area contributed by atoms with Gasteiger partial charge in [-0.2, -0.15) is 0 Å². The van der Waals surface area contributed by atoms with E-state index in [0.717, 1.165) is 24.5 Å². The Bertz CT molecular complexity index is 994. The SMILES string of the molecule is CCCC(CC(=O)[C@@H]1CC2(CN1C)SCCCS2)C(=O)C(=O)CCC(=O)N[C@H](C(C)=O)c1ccccc1. The molecule has 0 bridgehead atoms. The molecule has 0 aliphatic carbocycles. The zero-order chi connectivity index (χ0) is 27.0. The van der Waals surface area contributed by atoms with Crippen molar-refractivity contribution in [1.29, 1.82) is 0 Å². The number of nitrogens with one attached hydrogen (secondary N) is 1. The van der Waals surface area contributed by atoms with Crippen molar-refractivity contribution < 1.29 is 24.0 Å². The number of carbonyl (C=O) groups excluding carboxylic acids is 5. The van der Waals surface area contributed by atoms with E-state index in [1.807, 2.05) is 43.6 Å². The lowest BCUT2D eigenvalue weighted by Crippen LogP contribution is -2.36. The number of likely N-dealkylation sites (tertiary alicyclic amines) is 1. The lowest BCUT2D eigenvalue weighted by Gasteiger charge is -2.31. The molecule has 9 heteroatoms. The Kier molecular flexibility index (Phi) is 11.0. The molecular weight excluding hydrogens is 508 g/mol. The van der Waals surface area contributed by atoms with Gasteiger partial charge in [0.25, 0.3) is 0 Å². The summed E-state index contributed by atoms with van der Waals surface area (Å²) in [7, 11) is 1.97. The van der Waals surface area contributed by atoms with Crippen LogP contribution in [-0.4, -0.2) is 69.2 Å². The van der Waals surface area contributed by atoms with Crippen molar-refractivity contribution in [1.82, 2.24) is 10.2 Å². The minimum Gasteiger partial charge on any atom is -0.342 e. The van der Waals surface area contributed by atoms with E-state index in [-0.39, 0.29) is 40.9 Å². The van der Waals surface area contributed by atoms with E-state index in [4.69, 9.17) is 0 Å². The molecule has 2 heterocycles. The Morgan fingerprint density at radius 3 is 2.38 bits per heavy atom. The predicted octanol–water partition coefficient (Wildman–Crippen LogP) is 4.00. The first-order valence-electron chi connectivity index (χ1n) is 13.1. The summed E-state index contributed by atoms with van der Waals surface area (Å²) in [6.07, 6.45) is 2.75. The molecule has 202 valence electrons. The number of nitrogens with zero attached hydrogens (tertiary/aromatic N) is 1. The first kappa shape index (κ1) is 29.6. The van der Waals surface area contributed by atoms with Crippen molar-refractivity contribution in [3.05, 3.63) is 35.9 Å². The van der Waals surface area contributed by atoms with Crippen LogP contribution in [0.15, 0.2) is 30.3 Å². The van der Waals surface area contributed by atoms with Gasteiger partial charge < -0.3 is 5.32 Å². The number of benzene rings is 1. The Morgan fingerprint density at radius 1 is 1.08 bits per heavy atom. The molecule has 3 atom stereocenters. The Morgan fingerprint density at radius 2 is 1.76 bits per heavy atom. The van der Waals surface area contributed by atoms with E-state index in [1.54, 1.807) is 24.3 Å². The third-order valence-corrected chi connectivity index (χ3v) is 10.4. The fourth-order valence-corrected chi connectivity index (χ4v) is 8.60. The maximum Gasteiger partial charge on any atom is 0.221 e. The van der Waals surface area contributed by atoms with Crippen LogP contribution in [-0.2, 0) is 24.0 Å². The number of hydrogen-bond donors (Lipinski definition) is 1. The van der Waals surface area contributed by atoms with Crippen molar-refractivity contribution in [3.8, 4) is 0 Å². The molecule has 1 unspecified atom stereocenters. The molecule has 1 aromatic rings. The van der Waals surface area contributed by atoms with Crippen LogP contribution >= 0.6 is 23.5 Å². The molecule has 1 N–H and O–H groups in total. The first-order valence-corrected chi connectivity index (χ1v) is 15.1. The molecule has 37 heavy (non-hydrogen) atoms. The Balaban J connectivity index is 1.54. The van der Waals surface area contributed by atoms with Gasteiger partial charge >= 0.3 is 0 Å². The van der Waals surface area contributed by atoms with Crippen LogP contribution in [0.4, 0.5) is 0 Å². The number of amides is 1. The Hall–Kier alpha value is -1.97. The van der Waals surface area contributed by atoms with E-state index in [0.29, 0.717) is 18.4 Å². The zero-order valence-corrected chi connectivity index (χ0v) is 23.6. The molecule has 2 aliphatic rings. The van der Waals surface area contributed by atoms with Gasteiger partial charge in [0.2, 0.25) is 11.7 Å². The second kappa shape index (κ2) is 13.7. The molecule has 7 nitrogen and oxygen atoms in total. The molecule has 1 amide bonds. The zero-order valence-electron chi connectivity index (χ0n) is 22.0. The van der Waals surface area contributed by atoms with Crippen molar-refractivity contribution in [2.24, 2.45) is 5.92 Å². The van der Waals surface area contributed by atoms with Crippen LogP contribution in [0.1, 0.15) is 70.4 Å². The second-order valence-electron chi connectivity index (χ2n) is 10.1. The molecule has 1 aromatic carbocycles. The van der Waals surface area contributed by atoms with Crippen LogP contribution in [0.5, 0.6) is 0 Å². The molecular formula is C28H38N2O5S2. The van der Waals surface area contributed by atoms with Gasteiger partial charge in [-0.1, -0.05) is 43.7 Å². The van der Waals surface area contributed by atoms with Crippen LogP contribution in [0.25, 0.3) is 0 Å². The average Bonchev–Trinajstić information content (AvgIpc) is 3.20. The third-order valence-electron chi connectivity index (χ3n) is 7.07. The summed E-state index contributed by atoms with van der Waals surface area (Å²) in [5.41, 5.74) is 0.663. The molecule has 0 radical (unpaired) electrons. The number of hydrogen-bond acceptors (Lipinski definition) is 8. The summed E-state index contributed by atoms with van der Waals surface area (Å²) in [6, 6.07) is 7.87. The Labute approximate surface area is 228 Å². The highest BCUT2D eigenvalue weighted by Gasteiger charge is 2.47. The highest BCUT2D eigenvalue weighted by atomic mass is 32.2. The van der Waals surface area contributed by atoms with E-state index in [9.17, 15) is 24.0 Å². The van der Waals surface area contributed by atoms with E-state index < -0.39 is 29.4 Å². The molecule has 0 aromatic heterocycles.